The molecule has 1 aromatic rings. The minimum atomic E-state index is 0.323. The van der Waals surface area contributed by atoms with Crippen LogP contribution >= 0.6 is 0 Å². The molecule has 3 heteroatoms. The van der Waals surface area contributed by atoms with E-state index in [0.29, 0.717) is 6.04 Å². The molecule has 2 rings (SSSR count). The van der Waals surface area contributed by atoms with E-state index in [1.54, 1.807) is 7.11 Å². The van der Waals surface area contributed by atoms with Crippen LogP contribution in [0.4, 0.5) is 0 Å². The molecule has 0 aliphatic carbocycles. The van der Waals surface area contributed by atoms with Crippen molar-refractivity contribution in [3.63, 3.8) is 0 Å². The Morgan fingerprint density at radius 2 is 2.28 bits per heavy atom. The Bertz CT molecular complexity index is 361. The molecule has 0 bridgehead atoms. The van der Waals surface area contributed by atoms with Gasteiger partial charge in [-0.3, -0.25) is 0 Å². The highest BCUT2D eigenvalue weighted by molar-refractivity contribution is 5.35. The third-order valence-corrected chi connectivity index (χ3v) is 3.63. The molecule has 3 nitrogen and oxygen atoms in total. The standard InChI is InChI=1S/C15H23NO2/c1-12(14-5-3-4-6-15(14)17-2)16-9-7-13-8-10-18-11-13/h3-6,12-13,16H,7-11H2,1-2H3. The van der Waals surface area contributed by atoms with Gasteiger partial charge in [0.25, 0.3) is 0 Å². The first-order valence-corrected chi connectivity index (χ1v) is 6.75. The summed E-state index contributed by atoms with van der Waals surface area (Å²) in [6.07, 6.45) is 2.41. The fourth-order valence-corrected chi connectivity index (χ4v) is 2.45. The highest BCUT2D eigenvalue weighted by atomic mass is 16.5. The average Bonchev–Trinajstić information content (AvgIpc) is 2.91. The summed E-state index contributed by atoms with van der Waals surface area (Å²) in [5.41, 5.74) is 1.22. The summed E-state index contributed by atoms with van der Waals surface area (Å²) in [5, 5.41) is 3.56. The number of ether oxygens (including phenoxy) is 2. The third kappa shape index (κ3) is 3.47. The van der Waals surface area contributed by atoms with Crippen molar-refractivity contribution in [3.05, 3.63) is 29.8 Å². The van der Waals surface area contributed by atoms with Crippen LogP contribution in [0.3, 0.4) is 0 Å². The lowest BCUT2D eigenvalue weighted by Gasteiger charge is -2.18. The fourth-order valence-electron chi connectivity index (χ4n) is 2.45. The second-order valence-electron chi connectivity index (χ2n) is 4.94. The zero-order chi connectivity index (χ0) is 12.8. The van der Waals surface area contributed by atoms with Crippen LogP contribution in [0.25, 0.3) is 0 Å². The molecule has 0 radical (unpaired) electrons. The van der Waals surface area contributed by atoms with E-state index >= 15 is 0 Å². The average molecular weight is 249 g/mol. The zero-order valence-corrected chi connectivity index (χ0v) is 11.3. The van der Waals surface area contributed by atoms with E-state index in [2.05, 4.69) is 24.4 Å². The molecule has 2 unspecified atom stereocenters. The topological polar surface area (TPSA) is 30.5 Å². The number of nitrogens with one attached hydrogen (secondary N) is 1. The van der Waals surface area contributed by atoms with Gasteiger partial charge in [-0.15, -0.1) is 0 Å². The van der Waals surface area contributed by atoms with Gasteiger partial charge in [0.05, 0.1) is 7.11 Å². The predicted octanol–water partition coefficient (Wildman–Crippen LogP) is 2.77. The molecule has 2 atom stereocenters. The highest BCUT2D eigenvalue weighted by Gasteiger charge is 2.16. The number of benzene rings is 1. The molecular formula is C15H23NO2. The molecule has 100 valence electrons. The first kappa shape index (κ1) is 13.4. The second-order valence-corrected chi connectivity index (χ2v) is 4.94. The van der Waals surface area contributed by atoms with Gasteiger partial charge in [0, 0.05) is 24.8 Å². The van der Waals surface area contributed by atoms with Crippen molar-refractivity contribution in [2.24, 2.45) is 5.92 Å². The largest absolute Gasteiger partial charge is 0.496 e. The number of hydrogen-bond donors (Lipinski definition) is 1. The van der Waals surface area contributed by atoms with E-state index in [4.69, 9.17) is 9.47 Å². The first-order chi connectivity index (χ1) is 8.81. The van der Waals surface area contributed by atoms with Crippen LogP contribution in [0.2, 0.25) is 0 Å². The lowest BCUT2D eigenvalue weighted by atomic mass is 10.0. The first-order valence-electron chi connectivity index (χ1n) is 6.75. The van der Waals surface area contributed by atoms with Crippen molar-refractivity contribution in [2.45, 2.75) is 25.8 Å². The van der Waals surface area contributed by atoms with Gasteiger partial charge in [0.15, 0.2) is 0 Å². The van der Waals surface area contributed by atoms with Crippen molar-refractivity contribution in [1.29, 1.82) is 0 Å². The van der Waals surface area contributed by atoms with E-state index in [-0.39, 0.29) is 0 Å². The predicted molar refractivity (Wildman–Crippen MR) is 73.0 cm³/mol. The molecule has 1 aliphatic heterocycles. The summed E-state index contributed by atoms with van der Waals surface area (Å²) in [5.74, 6) is 1.70. The Balaban J connectivity index is 1.81. The van der Waals surface area contributed by atoms with Gasteiger partial charge in [-0.1, -0.05) is 18.2 Å². The van der Waals surface area contributed by atoms with E-state index < -0.39 is 0 Å². The number of rotatable bonds is 6. The van der Waals surface area contributed by atoms with Crippen LogP contribution in [0.1, 0.15) is 31.4 Å². The molecule has 0 spiro atoms. The smallest absolute Gasteiger partial charge is 0.123 e. The van der Waals surface area contributed by atoms with Crippen molar-refractivity contribution in [1.82, 2.24) is 5.32 Å². The molecule has 1 saturated heterocycles. The van der Waals surface area contributed by atoms with Gasteiger partial charge in [-0.25, -0.2) is 0 Å². The van der Waals surface area contributed by atoms with Crippen LogP contribution in [-0.4, -0.2) is 26.9 Å². The maximum Gasteiger partial charge on any atom is 0.123 e. The van der Waals surface area contributed by atoms with E-state index in [9.17, 15) is 0 Å². The summed E-state index contributed by atoms with van der Waals surface area (Å²) in [7, 11) is 1.72. The Kier molecular flexibility index (Phi) is 5.02. The minimum Gasteiger partial charge on any atom is -0.496 e. The highest BCUT2D eigenvalue weighted by Crippen LogP contribution is 2.24. The molecular weight excluding hydrogens is 226 g/mol. The summed E-state index contributed by atoms with van der Waals surface area (Å²) in [6, 6.07) is 8.52. The Morgan fingerprint density at radius 3 is 3.00 bits per heavy atom. The lowest BCUT2D eigenvalue weighted by molar-refractivity contribution is 0.184. The van der Waals surface area contributed by atoms with Crippen molar-refractivity contribution in [2.75, 3.05) is 26.9 Å². The third-order valence-electron chi connectivity index (χ3n) is 3.63. The Hall–Kier alpha value is -1.06. The van der Waals surface area contributed by atoms with Gasteiger partial charge in [-0.05, 0) is 38.3 Å². The number of hydrogen-bond acceptors (Lipinski definition) is 3. The summed E-state index contributed by atoms with van der Waals surface area (Å²) < 4.78 is 10.8. The van der Waals surface area contributed by atoms with Crippen LogP contribution in [0.5, 0.6) is 5.75 Å². The van der Waals surface area contributed by atoms with Gasteiger partial charge in [0.2, 0.25) is 0 Å². The molecule has 1 aromatic carbocycles. The quantitative estimate of drug-likeness (QED) is 0.841. The normalized spacial score (nSPS) is 20.9. The van der Waals surface area contributed by atoms with Crippen molar-refractivity contribution >= 4 is 0 Å². The molecule has 1 aliphatic rings. The van der Waals surface area contributed by atoms with E-state index in [1.807, 2.05) is 12.1 Å². The van der Waals surface area contributed by atoms with Crippen LogP contribution < -0.4 is 10.1 Å². The molecule has 1 heterocycles. The van der Waals surface area contributed by atoms with E-state index in [1.165, 1.54) is 18.4 Å². The van der Waals surface area contributed by atoms with Gasteiger partial charge >= 0.3 is 0 Å². The molecule has 0 amide bonds. The minimum absolute atomic E-state index is 0.323. The fraction of sp³-hybridized carbons (Fsp3) is 0.600. The number of para-hydroxylation sites is 1. The monoisotopic (exact) mass is 249 g/mol. The maximum atomic E-state index is 5.39. The molecule has 0 saturated carbocycles. The molecule has 1 fully saturated rings. The summed E-state index contributed by atoms with van der Waals surface area (Å²) in [6.45, 7) is 5.09. The molecule has 1 N–H and O–H groups in total. The van der Waals surface area contributed by atoms with E-state index in [0.717, 1.165) is 31.4 Å². The van der Waals surface area contributed by atoms with Gasteiger partial charge in [-0.2, -0.15) is 0 Å². The lowest BCUT2D eigenvalue weighted by Crippen LogP contribution is -2.22. The molecule has 0 aromatic heterocycles. The van der Waals surface area contributed by atoms with Crippen LogP contribution in [0.15, 0.2) is 24.3 Å². The number of methoxy groups -OCH3 is 1. The molecule has 18 heavy (non-hydrogen) atoms. The Labute approximate surface area is 109 Å². The SMILES string of the molecule is COc1ccccc1C(C)NCCC1CCOC1. The summed E-state index contributed by atoms with van der Waals surface area (Å²) in [4.78, 5) is 0. The Morgan fingerprint density at radius 1 is 1.44 bits per heavy atom. The van der Waals surface area contributed by atoms with Crippen LogP contribution in [0, 0.1) is 5.92 Å². The summed E-state index contributed by atoms with van der Waals surface area (Å²) >= 11 is 0. The van der Waals surface area contributed by atoms with Gasteiger partial charge in [0.1, 0.15) is 5.75 Å². The van der Waals surface area contributed by atoms with Crippen LogP contribution in [-0.2, 0) is 4.74 Å². The van der Waals surface area contributed by atoms with Crippen molar-refractivity contribution in [3.8, 4) is 5.75 Å². The van der Waals surface area contributed by atoms with Gasteiger partial charge < -0.3 is 14.8 Å². The van der Waals surface area contributed by atoms with Crippen molar-refractivity contribution < 1.29 is 9.47 Å². The zero-order valence-electron chi connectivity index (χ0n) is 11.3. The maximum absolute atomic E-state index is 5.39. The second kappa shape index (κ2) is 6.76.